The molecule has 6 nitrogen and oxygen atoms in total. The van der Waals surface area contributed by atoms with Gasteiger partial charge in [0.05, 0.1) is 11.5 Å². The van der Waals surface area contributed by atoms with Crippen LogP contribution >= 0.6 is 0 Å². The molecule has 1 aliphatic rings. The Balaban J connectivity index is 1.86. The maximum atomic E-state index is 12.2. The van der Waals surface area contributed by atoms with Crippen molar-refractivity contribution in [3.63, 3.8) is 0 Å². The van der Waals surface area contributed by atoms with Crippen LogP contribution in [0.5, 0.6) is 5.75 Å². The average molecular weight is 386 g/mol. The summed E-state index contributed by atoms with van der Waals surface area (Å²) in [5.74, 6) is 1.38. The normalized spacial score (nSPS) is 14.6. The van der Waals surface area contributed by atoms with E-state index in [1.54, 1.807) is 36.0 Å². The number of benzene rings is 1. The highest BCUT2D eigenvalue weighted by molar-refractivity contribution is 7.90. The molecule has 2 heterocycles. The second-order valence-corrected chi connectivity index (χ2v) is 9.25. The van der Waals surface area contributed by atoms with Gasteiger partial charge in [-0.2, -0.15) is 0 Å². The van der Waals surface area contributed by atoms with Gasteiger partial charge in [-0.1, -0.05) is 12.8 Å². The Bertz CT molecular complexity index is 1170. The van der Waals surface area contributed by atoms with Gasteiger partial charge in [0.1, 0.15) is 11.3 Å². The summed E-state index contributed by atoms with van der Waals surface area (Å²) in [5, 5.41) is 0.763. The Kier molecular flexibility index (Phi) is 4.34. The highest BCUT2D eigenvalue weighted by Gasteiger charge is 2.22. The molecule has 0 aliphatic heterocycles. The fourth-order valence-corrected chi connectivity index (χ4v) is 4.05. The molecule has 3 aromatic rings. The minimum absolute atomic E-state index is 0.184. The predicted molar refractivity (Wildman–Crippen MR) is 105 cm³/mol. The van der Waals surface area contributed by atoms with Gasteiger partial charge in [0.15, 0.2) is 9.84 Å². The Morgan fingerprint density at radius 1 is 1.22 bits per heavy atom. The van der Waals surface area contributed by atoms with Gasteiger partial charge < -0.3 is 14.3 Å². The SMILES string of the molecule is Cn1cc(-c2cc(S(C)(=O)=O)ccc2OCCC2CC2)c2cc[nH]c(=O)c21. The molecule has 0 saturated heterocycles. The third-order valence-electron chi connectivity index (χ3n) is 5.05. The molecule has 27 heavy (non-hydrogen) atoms. The van der Waals surface area contributed by atoms with Gasteiger partial charge in [-0.05, 0) is 36.6 Å². The number of sulfone groups is 1. The summed E-state index contributed by atoms with van der Waals surface area (Å²) in [6.45, 7) is 0.598. The molecule has 1 aliphatic carbocycles. The lowest BCUT2D eigenvalue weighted by Gasteiger charge is -2.13. The zero-order chi connectivity index (χ0) is 19.2. The fourth-order valence-electron chi connectivity index (χ4n) is 3.40. The Morgan fingerprint density at radius 2 is 2.00 bits per heavy atom. The number of ether oxygens (including phenoxy) is 1. The molecule has 1 aromatic carbocycles. The molecule has 142 valence electrons. The number of fused-ring (bicyclic) bond motifs is 1. The zero-order valence-corrected chi connectivity index (χ0v) is 16.2. The molecule has 7 heteroatoms. The van der Waals surface area contributed by atoms with Gasteiger partial charge in [-0.3, -0.25) is 4.79 Å². The number of hydrogen-bond acceptors (Lipinski definition) is 4. The van der Waals surface area contributed by atoms with Crippen LogP contribution in [0.3, 0.4) is 0 Å². The summed E-state index contributed by atoms with van der Waals surface area (Å²) in [6.07, 6.45) is 8.15. The molecule has 4 rings (SSSR count). The van der Waals surface area contributed by atoms with E-state index in [0.29, 0.717) is 23.4 Å². The second kappa shape index (κ2) is 6.56. The molecule has 1 N–H and O–H groups in total. The van der Waals surface area contributed by atoms with Crippen molar-refractivity contribution in [3.8, 4) is 16.9 Å². The number of H-pyrrole nitrogens is 1. The summed E-state index contributed by atoms with van der Waals surface area (Å²) >= 11 is 0. The van der Waals surface area contributed by atoms with E-state index in [-0.39, 0.29) is 10.5 Å². The summed E-state index contributed by atoms with van der Waals surface area (Å²) in [5.41, 5.74) is 1.83. The lowest BCUT2D eigenvalue weighted by atomic mass is 10.0. The van der Waals surface area contributed by atoms with Crippen LogP contribution in [-0.4, -0.2) is 30.8 Å². The van der Waals surface area contributed by atoms with Crippen molar-refractivity contribution in [2.45, 2.75) is 24.2 Å². The van der Waals surface area contributed by atoms with Crippen molar-refractivity contribution in [2.75, 3.05) is 12.9 Å². The Morgan fingerprint density at radius 3 is 2.70 bits per heavy atom. The summed E-state index contributed by atoms with van der Waals surface area (Å²) in [7, 11) is -1.56. The first-order valence-electron chi connectivity index (χ1n) is 8.98. The first-order valence-corrected chi connectivity index (χ1v) is 10.9. The van der Waals surface area contributed by atoms with Crippen molar-refractivity contribution in [1.82, 2.24) is 9.55 Å². The van der Waals surface area contributed by atoms with Gasteiger partial charge in [-0.15, -0.1) is 0 Å². The van der Waals surface area contributed by atoms with E-state index in [4.69, 9.17) is 4.74 Å². The van der Waals surface area contributed by atoms with Gasteiger partial charge in [-0.25, -0.2) is 8.42 Å². The summed E-state index contributed by atoms with van der Waals surface area (Å²) in [6, 6.07) is 6.75. The number of pyridine rings is 1. The molecule has 0 spiro atoms. The standard InChI is InChI=1S/C20H22N2O4S/c1-22-12-17(15-7-9-21-20(23)19(15)22)16-11-14(27(2,24)25)5-6-18(16)26-10-8-13-3-4-13/h5-7,9,11-13H,3-4,8,10H2,1-2H3,(H,21,23). The summed E-state index contributed by atoms with van der Waals surface area (Å²) < 4.78 is 31.9. The van der Waals surface area contributed by atoms with Crippen LogP contribution in [0.1, 0.15) is 19.3 Å². The van der Waals surface area contributed by atoms with Gasteiger partial charge >= 0.3 is 0 Å². The molecule has 2 aromatic heterocycles. The minimum atomic E-state index is -3.36. The van der Waals surface area contributed by atoms with Crippen molar-refractivity contribution in [3.05, 3.63) is 47.0 Å². The van der Waals surface area contributed by atoms with Crippen molar-refractivity contribution < 1.29 is 13.2 Å². The van der Waals surface area contributed by atoms with Crippen LogP contribution in [0.15, 0.2) is 46.3 Å². The van der Waals surface area contributed by atoms with Crippen LogP contribution in [0.2, 0.25) is 0 Å². The smallest absolute Gasteiger partial charge is 0.272 e. The van der Waals surface area contributed by atoms with E-state index in [1.165, 1.54) is 19.1 Å². The quantitative estimate of drug-likeness (QED) is 0.706. The lowest BCUT2D eigenvalue weighted by molar-refractivity contribution is 0.303. The van der Waals surface area contributed by atoms with Gasteiger partial charge in [0.25, 0.3) is 5.56 Å². The van der Waals surface area contributed by atoms with Gasteiger partial charge in [0, 0.05) is 42.2 Å². The summed E-state index contributed by atoms with van der Waals surface area (Å²) in [4.78, 5) is 15.1. The third kappa shape index (κ3) is 3.51. The number of nitrogens with zero attached hydrogens (tertiary/aromatic N) is 1. The molecule has 1 saturated carbocycles. The molecule has 0 unspecified atom stereocenters. The van der Waals surface area contributed by atoms with Crippen molar-refractivity contribution in [2.24, 2.45) is 13.0 Å². The van der Waals surface area contributed by atoms with E-state index in [1.807, 2.05) is 12.3 Å². The highest BCUT2D eigenvalue weighted by Crippen LogP contribution is 2.38. The van der Waals surface area contributed by atoms with E-state index in [9.17, 15) is 13.2 Å². The number of nitrogens with one attached hydrogen (secondary N) is 1. The van der Waals surface area contributed by atoms with Gasteiger partial charge in [0.2, 0.25) is 0 Å². The van der Waals surface area contributed by atoms with Crippen molar-refractivity contribution >= 4 is 20.7 Å². The second-order valence-electron chi connectivity index (χ2n) is 7.23. The number of hydrogen-bond donors (Lipinski definition) is 1. The van der Waals surface area contributed by atoms with Crippen LogP contribution in [-0.2, 0) is 16.9 Å². The zero-order valence-electron chi connectivity index (χ0n) is 15.4. The van der Waals surface area contributed by atoms with Crippen LogP contribution in [0, 0.1) is 5.92 Å². The Hall–Kier alpha value is -2.54. The lowest BCUT2D eigenvalue weighted by Crippen LogP contribution is -2.07. The van der Waals surface area contributed by atoms with Crippen LogP contribution in [0.25, 0.3) is 22.0 Å². The Labute approximate surface area is 157 Å². The minimum Gasteiger partial charge on any atom is -0.493 e. The maximum absolute atomic E-state index is 12.2. The molecular weight excluding hydrogens is 364 g/mol. The first-order chi connectivity index (χ1) is 12.8. The fraction of sp³-hybridized carbons (Fsp3) is 0.350. The molecule has 0 amide bonds. The maximum Gasteiger partial charge on any atom is 0.272 e. The van der Waals surface area contributed by atoms with Crippen LogP contribution < -0.4 is 10.3 Å². The highest BCUT2D eigenvalue weighted by atomic mass is 32.2. The average Bonchev–Trinajstić information content (AvgIpc) is 3.37. The number of aromatic amines is 1. The monoisotopic (exact) mass is 386 g/mol. The largest absolute Gasteiger partial charge is 0.493 e. The van der Waals surface area contributed by atoms with E-state index in [2.05, 4.69) is 4.98 Å². The molecular formula is C20H22N2O4S. The molecule has 0 radical (unpaired) electrons. The van der Waals surface area contributed by atoms with Crippen LogP contribution in [0.4, 0.5) is 0 Å². The number of aryl methyl sites for hydroxylation is 1. The first kappa shape index (κ1) is 17.9. The molecule has 1 fully saturated rings. The van der Waals surface area contributed by atoms with Crippen molar-refractivity contribution in [1.29, 1.82) is 0 Å². The number of aromatic nitrogens is 2. The predicted octanol–water partition coefficient (Wildman–Crippen LogP) is 3.12. The topological polar surface area (TPSA) is 81.2 Å². The van der Waals surface area contributed by atoms with E-state index in [0.717, 1.165) is 23.3 Å². The third-order valence-corrected chi connectivity index (χ3v) is 6.16. The number of rotatable bonds is 6. The molecule has 0 atom stereocenters. The molecule has 0 bridgehead atoms. The van der Waals surface area contributed by atoms with E-state index >= 15 is 0 Å². The van der Waals surface area contributed by atoms with E-state index < -0.39 is 9.84 Å².